The van der Waals surface area contributed by atoms with E-state index >= 15 is 0 Å². The van der Waals surface area contributed by atoms with Gasteiger partial charge in [-0.25, -0.2) is 4.39 Å². The van der Waals surface area contributed by atoms with E-state index in [2.05, 4.69) is 24.1 Å². The quantitative estimate of drug-likeness (QED) is 0.879. The molecule has 0 saturated carbocycles. The normalized spacial score (nSPS) is 24.6. The van der Waals surface area contributed by atoms with Gasteiger partial charge in [-0.3, -0.25) is 4.90 Å². The van der Waals surface area contributed by atoms with E-state index in [9.17, 15) is 4.39 Å². The van der Waals surface area contributed by atoms with Crippen LogP contribution in [0.15, 0.2) is 24.3 Å². The Labute approximate surface area is 116 Å². The summed E-state index contributed by atoms with van der Waals surface area (Å²) >= 11 is 0. The Hall–Kier alpha value is -0.930. The lowest BCUT2D eigenvalue weighted by molar-refractivity contribution is 0.129. The number of nitrogens with one attached hydrogen (secondary N) is 1. The Morgan fingerprint density at radius 1 is 1.37 bits per heavy atom. The zero-order chi connectivity index (χ0) is 13.7. The van der Waals surface area contributed by atoms with E-state index in [0.29, 0.717) is 12.0 Å². The fourth-order valence-corrected chi connectivity index (χ4v) is 3.09. The van der Waals surface area contributed by atoms with Gasteiger partial charge in [-0.05, 0) is 43.1 Å². The predicted molar refractivity (Wildman–Crippen MR) is 77.5 cm³/mol. The van der Waals surface area contributed by atoms with Crippen molar-refractivity contribution in [3.63, 3.8) is 0 Å². The minimum atomic E-state index is -0.132. The van der Waals surface area contributed by atoms with Gasteiger partial charge < -0.3 is 5.32 Å². The van der Waals surface area contributed by atoms with E-state index in [1.807, 2.05) is 6.07 Å². The van der Waals surface area contributed by atoms with Gasteiger partial charge in [-0.1, -0.05) is 32.4 Å². The number of benzene rings is 1. The van der Waals surface area contributed by atoms with E-state index in [-0.39, 0.29) is 5.82 Å². The summed E-state index contributed by atoms with van der Waals surface area (Å²) in [6.45, 7) is 8.57. The van der Waals surface area contributed by atoms with Crippen LogP contribution in [0.1, 0.15) is 32.3 Å². The monoisotopic (exact) mass is 264 g/mol. The number of hydrogen-bond acceptors (Lipinski definition) is 2. The molecule has 1 saturated heterocycles. The van der Waals surface area contributed by atoms with Crippen molar-refractivity contribution in [3.8, 4) is 0 Å². The highest BCUT2D eigenvalue weighted by Gasteiger charge is 2.27. The van der Waals surface area contributed by atoms with Gasteiger partial charge >= 0.3 is 0 Å². The summed E-state index contributed by atoms with van der Waals surface area (Å²) < 4.78 is 13.2. The first-order valence-corrected chi connectivity index (χ1v) is 7.43. The summed E-state index contributed by atoms with van der Waals surface area (Å²) in [5, 5.41) is 3.59. The van der Waals surface area contributed by atoms with Crippen molar-refractivity contribution in [1.29, 1.82) is 0 Å². The Bertz CT molecular complexity index is 394. The van der Waals surface area contributed by atoms with Gasteiger partial charge in [0.1, 0.15) is 5.82 Å². The highest BCUT2D eigenvalue weighted by atomic mass is 19.1. The molecule has 2 nitrogen and oxygen atoms in total. The molecule has 0 radical (unpaired) electrons. The third-order valence-corrected chi connectivity index (χ3v) is 4.10. The standard InChI is InChI=1S/C16H25FN2/c1-3-14-12-19(9-8-16(14)18-4-2)11-13-6-5-7-15(17)10-13/h5-7,10,14,16,18H,3-4,8-9,11-12H2,1-2H3. The second-order valence-corrected chi connectivity index (χ2v) is 5.49. The molecule has 106 valence electrons. The molecule has 1 aromatic carbocycles. The maximum atomic E-state index is 13.2. The minimum Gasteiger partial charge on any atom is -0.314 e. The lowest BCUT2D eigenvalue weighted by Gasteiger charge is -2.38. The minimum absolute atomic E-state index is 0.132. The van der Waals surface area contributed by atoms with E-state index in [1.165, 1.54) is 18.9 Å². The lowest BCUT2D eigenvalue weighted by atomic mass is 9.89. The van der Waals surface area contributed by atoms with Crippen molar-refractivity contribution in [1.82, 2.24) is 10.2 Å². The summed E-state index contributed by atoms with van der Waals surface area (Å²) in [7, 11) is 0. The average Bonchev–Trinajstić information content (AvgIpc) is 2.41. The fraction of sp³-hybridized carbons (Fsp3) is 0.625. The number of piperidine rings is 1. The molecule has 2 unspecified atom stereocenters. The third-order valence-electron chi connectivity index (χ3n) is 4.10. The molecule has 0 amide bonds. The average molecular weight is 264 g/mol. The largest absolute Gasteiger partial charge is 0.314 e. The summed E-state index contributed by atoms with van der Waals surface area (Å²) in [5.41, 5.74) is 1.08. The molecular formula is C16H25FN2. The molecule has 0 bridgehead atoms. The molecule has 2 atom stereocenters. The van der Waals surface area contributed by atoms with Crippen LogP contribution >= 0.6 is 0 Å². The Kier molecular flexibility index (Phi) is 5.34. The fourth-order valence-electron chi connectivity index (χ4n) is 3.09. The molecule has 1 aliphatic rings. The van der Waals surface area contributed by atoms with Crippen molar-refractivity contribution in [2.75, 3.05) is 19.6 Å². The van der Waals surface area contributed by atoms with Gasteiger partial charge in [0.25, 0.3) is 0 Å². The molecule has 19 heavy (non-hydrogen) atoms. The predicted octanol–water partition coefficient (Wildman–Crippen LogP) is 3.04. The van der Waals surface area contributed by atoms with Gasteiger partial charge in [0.15, 0.2) is 0 Å². The van der Waals surface area contributed by atoms with Gasteiger partial charge in [-0.2, -0.15) is 0 Å². The number of rotatable bonds is 5. The summed E-state index contributed by atoms with van der Waals surface area (Å²) in [6.07, 6.45) is 2.40. The Morgan fingerprint density at radius 2 is 2.21 bits per heavy atom. The SMILES string of the molecule is CCNC1CCN(Cc2cccc(F)c2)CC1CC. The first-order chi connectivity index (χ1) is 9.22. The van der Waals surface area contributed by atoms with Crippen molar-refractivity contribution >= 4 is 0 Å². The summed E-state index contributed by atoms with van der Waals surface area (Å²) in [4.78, 5) is 2.46. The first-order valence-electron chi connectivity index (χ1n) is 7.43. The number of hydrogen-bond donors (Lipinski definition) is 1. The molecule has 1 aliphatic heterocycles. The maximum absolute atomic E-state index is 13.2. The van der Waals surface area contributed by atoms with Crippen molar-refractivity contribution < 1.29 is 4.39 Å². The van der Waals surface area contributed by atoms with Crippen LogP contribution in [0.25, 0.3) is 0 Å². The van der Waals surface area contributed by atoms with E-state index < -0.39 is 0 Å². The highest BCUT2D eigenvalue weighted by molar-refractivity contribution is 5.16. The molecule has 1 heterocycles. The van der Waals surface area contributed by atoms with Crippen LogP contribution < -0.4 is 5.32 Å². The smallest absolute Gasteiger partial charge is 0.123 e. The number of halogens is 1. The van der Waals surface area contributed by atoms with Crippen LogP contribution in [0.4, 0.5) is 4.39 Å². The van der Waals surface area contributed by atoms with Crippen LogP contribution in [0.2, 0.25) is 0 Å². The third kappa shape index (κ3) is 4.02. The van der Waals surface area contributed by atoms with Gasteiger partial charge in [-0.15, -0.1) is 0 Å². The molecule has 0 aromatic heterocycles. The second kappa shape index (κ2) is 7.01. The Balaban J connectivity index is 1.92. The number of nitrogens with zero attached hydrogens (tertiary/aromatic N) is 1. The molecule has 0 spiro atoms. The molecule has 1 fully saturated rings. The molecular weight excluding hydrogens is 239 g/mol. The van der Waals surface area contributed by atoms with Crippen LogP contribution in [0.3, 0.4) is 0 Å². The molecule has 1 aromatic rings. The lowest BCUT2D eigenvalue weighted by Crippen LogP contribution is -2.48. The molecule has 2 rings (SSSR count). The molecule has 0 aliphatic carbocycles. The van der Waals surface area contributed by atoms with Crippen molar-refractivity contribution in [2.24, 2.45) is 5.92 Å². The number of likely N-dealkylation sites (tertiary alicyclic amines) is 1. The van der Waals surface area contributed by atoms with Crippen LogP contribution in [0, 0.1) is 11.7 Å². The van der Waals surface area contributed by atoms with Crippen LogP contribution in [-0.2, 0) is 6.54 Å². The van der Waals surface area contributed by atoms with Crippen LogP contribution in [0.5, 0.6) is 0 Å². The summed E-state index contributed by atoms with van der Waals surface area (Å²) in [6, 6.07) is 7.62. The first kappa shape index (κ1) is 14.5. The topological polar surface area (TPSA) is 15.3 Å². The van der Waals surface area contributed by atoms with Gasteiger partial charge in [0.05, 0.1) is 0 Å². The van der Waals surface area contributed by atoms with Crippen molar-refractivity contribution in [2.45, 2.75) is 39.3 Å². The highest BCUT2D eigenvalue weighted by Crippen LogP contribution is 2.22. The van der Waals surface area contributed by atoms with E-state index in [4.69, 9.17) is 0 Å². The molecule has 1 N–H and O–H groups in total. The molecule has 3 heteroatoms. The van der Waals surface area contributed by atoms with Gasteiger partial charge in [0, 0.05) is 19.1 Å². The van der Waals surface area contributed by atoms with E-state index in [1.54, 1.807) is 12.1 Å². The maximum Gasteiger partial charge on any atom is 0.123 e. The summed E-state index contributed by atoms with van der Waals surface area (Å²) in [5.74, 6) is 0.578. The Morgan fingerprint density at radius 3 is 2.89 bits per heavy atom. The zero-order valence-corrected chi connectivity index (χ0v) is 12.0. The van der Waals surface area contributed by atoms with Crippen molar-refractivity contribution in [3.05, 3.63) is 35.6 Å². The second-order valence-electron chi connectivity index (χ2n) is 5.49. The van der Waals surface area contributed by atoms with E-state index in [0.717, 1.165) is 31.7 Å². The van der Waals surface area contributed by atoms with Crippen LogP contribution in [-0.4, -0.2) is 30.6 Å². The zero-order valence-electron chi connectivity index (χ0n) is 12.0. The van der Waals surface area contributed by atoms with Gasteiger partial charge in [0.2, 0.25) is 0 Å².